The van der Waals surface area contributed by atoms with Gasteiger partial charge in [-0.25, -0.2) is 0 Å². The predicted octanol–water partition coefficient (Wildman–Crippen LogP) is 0.443. The lowest BCUT2D eigenvalue weighted by Gasteiger charge is -2.20. The number of benzene rings is 1. The third-order valence-electron chi connectivity index (χ3n) is 2.94. The van der Waals surface area contributed by atoms with Crippen LogP contribution < -0.4 is 10.6 Å². The first-order chi connectivity index (χ1) is 8.18. The molecule has 4 nitrogen and oxygen atoms in total. The molecule has 0 bridgehead atoms. The quantitative estimate of drug-likeness (QED) is 0.711. The molecule has 1 heterocycles. The van der Waals surface area contributed by atoms with Gasteiger partial charge in [0.2, 0.25) is 0 Å². The van der Waals surface area contributed by atoms with Crippen LogP contribution in [0.15, 0.2) is 18.2 Å². The number of rotatable bonds is 3. The van der Waals surface area contributed by atoms with Gasteiger partial charge in [0, 0.05) is 18.7 Å². The Bertz CT molecular complexity index is 416. The highest BCUT2D eigenvalue weighted by Crippen LogP contribution is 2.18. The van der Waals surface area contributed by atoms with Gasteiger partial charge in [-0.15, -0.1) is 0 Å². The molecule has 3 N–H and O–H groups in total. The smallest absolute Gasteiger partial charge is 0.251 e. The molecule has 1 aliphatic rings. The SMILES string of the molecule is C[C@@H](O)CNC(=O)c1cccc2c1CCNC2. The molecular weight excluding hydrogens is 216 g/mol. The molecule has 17 heavy (non-hydrogen) atoms. The van der Waals surface area contributed by atoms with Crippen LogP contribution in [0.2, 0.25) is 0 Å². The van der Waals surface area contributed by atoms with Gasteiger partial charge >= 0.3 is 0 Å². The van der Waals surface area contributed by atoms with Gasteiger partial charge < -0.3 is 15.7 Å². The fourth-order valence-corrected chi connectivity index (χ4v) is 2.08. The Kier molecular flexibility index (Phi) is 3.76. The van der Waals surface area contributed by atoms with Gasteiger partial charge in [-0.1, -0.05) is 12.1 Å². The summed E-state index contributed by atoms with van der Waals surface area (Å²) < 4.78 is 0. The second kappa shape index (κ2) is 5.29. The fourth-order valence-electron chi connectivity index (χ4n) is 2.08. The van der Waals surface area contributed by atoms with Gasteiger partial charge in [0.05, 0.1) is 6.10 Å². The molecule has 0 saturated carbocycles. The first-order valence-corrected chi connectivity index (χ1v) is 5.96. The summed E-state index contributed by atoms with van der Waals surface area (Å²) in [4.78, 5) is 12.0. The Morgan fingerprint density at radius 3 is 3.18 bits per heavy atom. The van der Waals surface area contributed by atoms with Crippen molar-refractivity contribution in [2.75, 3.05) is 13.1 Å². The van der Waals surface area contributed by atoms with E-state index >= 15 is 0 Å². The number of hydrogen-bond acceptors (Lipinski definition) is 3. The molecule has 1 aliphatic heterocycles. The highest BCUT2D eigenvalue weighted by Gasteiger charge is 2.16. The minimum atomic E-state index is -0.514. The summed E-state index contributed by atoms with van der Waals surface area (Å²) in [7, 11) is 0. The lowest BCUT2D eigenvalue weighted by molar-refractivity contribution is 0.0923. The zero-order chi connectivity index (χ0) is 12.3. The number of aliphatic hydroxyl groups is 1. The molecule has 1 atom stereocenters. The second-order valence-electron chi connectivity index (χ2n) is 4.43. The highest BCUT2D eigenvalue weighted by molar-refractivity contribution is 5.96. The van der Waals surface area contributed by atoms with E-state index in [1.54, 1.807) is 6.92 Å². The number of carbonyl (C=O) groups excluding carboxylic acids is 1. The lowest BCUT2D eigenvalue weighted by Crippen LogP contribution is -2.33. The topological polar surface area (TPSA) is 61.4 Å². The molecule has 2 rings (SSSR count). The van der Waals surface area contributed by atoms with Crippen molar-refractivity contribution < 1.29 is 9.90 Å². The number of fused-ring (bicyclic) bond motifs is 1. The van der Waals surface area contributed by atoms with E-state index in [9.17, 15) is 4.79 Å². The Morgan fingerprint density at radius 2 is 2.41 bits per heavy atom. The molecule has 0 aliphatic carbocycles. The Hall–Kier alpha value is -1.39. The molecular formula is C13H18N2O2. The van der Waals surface area contributed by atoms with Crippen LogP contribution in [0.25, 0.3) is 0 Å². The van der Waals surface area contributed by atoms with Crippen LogP contribution in [0.1, 0.15) is 28.4 Å². The van der Waals surface area contributed by atoms with Gasteiger partial charge in [0.1, 0.15) is 0 Å². The number of nitrogens with one attached hydrogen (secondary N) is 2. The molecule has 0 unspecified atom stereocenters. The molecule has 4 heteroatoms. The number of aliphatic hydroxyl groups excluding tert-OH is 1. The molecule has 1 aromatic rings. The van der Waals surface area contributed by atoms with Crippen LogP contribution in [0, 0.1) is 0 Å². The van der Waals surface area contributed by atoms with E-state index in [2.05, 4.69) is 10.6 Å². The predicted molar refractivity (Wildman–Crippen MR) is 65.9 cm³/mol. The summed E-state index contributed by atoms with van der Waals surface area (Å²) in [6.45, 7) is 3.69. The van der Waals surface area contributed by atoms with Crippen LogP contribution >= 0.6 is 0 Å². The average molecular weight is 234 g/mol. The number of amides is 1. The van der Waals surface area contributed by atoms with E-state index < -0.39 is 6.10 Å². The van der Waals surface area contributed by atoms with Gasteiger partial charge in [-0.3, -0.25) is 4.79 Å². The number of carbonyl (C=O) groups is 1. The van der Waals surface area contributed by atoms with Crippen molar-refractivity contribution in [2.24, 2.45) is 0 Å². The maximum absolute atomic E-state index is 12.0. The third-order valence-corrected chi connectivity index (χ3v) is 2.94. The normalized spacial score (nSPS) is 16.1. The first-order valence-electron chi connectivity index (χ1n) is 5.96. The molecule has 1 amide bonds. The molecule has 0 saturated heterocycles. The summed E-state index contributed by atoms with van der Waals surface area (Å²) in [6, 6.07) is 5.80. The van der Waals surface area contributed by atoms with Crippen LogP contribution in [0.5, 0.6) is 0 Å². The average Bonchev–Trinajstić information content (AvgIpc) is 2.35. The zero-order valence-electron chi connectivity index (χ0n) is 9.99. The van der Waals surface area contributed by atoms with E-state index in [0.29, 0.717) is 6.54 Å². The molecule has 92 valence electrons. The van der Waals surface area contributed by atoms with E-state index in [-0.39, 0.29) is 5.91 Å². The van der Waals surface area contributed by atoms with Crippen molar-refractivity contribution in [2.45, 2.75) is 26.0 Å². The van der Waals surface area contributed by atoms with Crippen molar-refractivity contribution in [3.8, 4) is 0 Å². The standard InChI is InChI=1S/C13H18N2O2/c1-9(16)7-15-13(17)12-4-2-3-10-8-14-6-5-11(10)12/h2-4,9,14,16H,5-8H2,1H3,(H,15,17)/t9-/m1/s1. The van der Waals surface area contributed by atoms with E-state index in [1.807, 2.05) is 18.2 Å². The third kappa shape index (κ3) is 2.84. The van der Waals surface area contributed by atoms with Gasteiger partial charge in [0.25, 0.3) is 5.91 Å². The molecule has 0 radical (unpaired) electrons. The second-order valence-corrected chi connectivity index (χ2v) is 4.43. The largest absolute Gasteiger partial charge is 0.392 e. The maximum atomic E-state index is 12.0. The van der Waals surface area contributed by atoms with Crippen LogP contribution in [0.3, 0.4) is 0 Å². The summed E-state index contributed by atoms with van der Waals surface area (Å²) in [5.41, 5.74) is 3.07. The lowest BCUT2D eigenvalue weighted by atomic mass is 9.95. The Morgan fingerprint density at radius 1 is 1.59 bits per heavy atom. The Balaban J connectivity index is 2.17. The minimum absolute atomic E-state index is 0.0929. The summed E-state index contributed by atoms with van der Waals surface area (Å²) in [6.07, 6.45) is 0.369. The monoisotopic (exact) mass is 234 g/mol. The van der Waals surface area contributed by atoms with E-state index in [1.165, 1.54) is 5.56 Å². The maximum Gasteiger partial charge on any atom is 0.251 e. The molecule has 0 aromatic heterocycles. The van der Waals surface area contributed by atoms with Crippen molar-refractivity contribution in [3.63, 3.8) is 0 Å². The van der Waals surface area contributed by atoms with E-state index in [0.717, 1.165) is 30.6 Å². The molecule has 0 spiro atoms. The van der Waals surface area contributed by atoms with Crippen molar-refractivity contribution in [1.82, 2.24) is 10.6 Å². The summed E-state index contributed by atoms with van der Waals surface area (Å²) >= 11 is 0. The van der Waals surface area contributed by atoms with Crippen molar-refractivity contribution >= 4 is 5.91 Å². The minimum Gasteiger partial charge on any atom is -0.392 e. The fraction of sp³-hybridized carbons (Fsp3) is 0.462. The summed E-state index contributed by atoms with van der Waals surface area (Å²) in [5, 5.41) is 15.2. The number of hydrogen-bond donors (Lipinski definition) is 3. The highest BCUT2D eigenvalue weighted by atomic mass is 16.3. The zero-order valence-corrected chi connectivity index (χ0v) is 9.99. The van der Waals surface area contributed by atoms with Crippen molar-refractivity contribution in [1.29, 1.82) is 0 Å². The summed E-state index contributed by atoms with van der Waals surface area (Å²) in [5.74, 6) is -0.0929. The van der Waals surface area contributed by atoms with Crippen LogP contribution in [-0.2, 0) is 13.0 Å². The van der Waals surface area contributed by atoms with Gasteiger partial charge in [-0.05, 0) is 37.1 Å². The van der Waals surface area contributed by atoms with Crippen LogP contribution in [-0.4, -0.2) is 30.2 Å². The molecule has 0 fully saturated rings. The van der Waals surface area contributed by atoms with Gasteiger partial charge in [-0.2, -0.15) is 0 Å². The Labute approximate surface area is 101 Å². The van der Waals surface area contributed by atoms with Gasteiger partial charge in [0.15, 0.2) is 0 Å². The molecule has 1 aromatic carbocycles. The van der Waals surface area contributed by atoms with Crippen LogP contribution in [0.4, 0.5) is 0 Å². The first kappa shape index (κ1) is 12.1. The van der Waals surface area contributed by atoms with Crippen molar-refractivity contribution in [3.05, 3.63) is 34.9 Å². The van der Waals surface area contributed by atoms with E-state index in [4.69, 9.17) is 5.11 Å².